The zero-order chi connectivity index (χ0) is 17.9. The molecule has 2 N–H and O–H groups in total. The largest absolute Gasteiger partial charge is 0.480 e. The average molecular weight is 332 g/mol. The molecule has 1 aromatic carbocycles. The molecular weight excluding hydrogens is 308 g/mol. The van der Waals surface area contributed by atoms with Gasteiger partial charge >= 0.3 is 5.97 Å². The number of likely N-dealkylation sites (tertiary alicyclic amines) is 1. The van der Waals surface area contributed by atoms with Gasteiger partial charge in [-0.25, -0.2) is 4.79 Å². The third kappa shape index (κ3) is 4.34. The van der Waals surface area contributed by atoms with Crippen LogP contribution in [0.25, 0.3) is 0 Å². The van der Waals surface area contributed by atoms with Gasteiger partial charge in [0, 0.05) is 24.2 Å². The van der Waals surface area contributed by atoms with E-state index in [1.807, 2.05) is 20.8 Å². The summed E-state index contributed by atoms with van der Waals surface area (Å²) in [7, 11) is 0. The van der Waals surface area contributed by atoms with Crippen LogP contribution in [0.1, 0.15) is 54.3 Å². The van der Waals surface area contributed by atoms with Gasteiger partial charge in [-0.3, -0.25) is 9.59 Å². The van der Waals surface area contributed by atoms with Crippen molar-refractivity contribution in [2.75, 3.05) is 13.1 Å². The number of nitrogens with zero attached hydrogens (tertiary/aromatic N) is 1. The number of carbonyl (C=O) groups excluding carboxylic acids is 2. The van der Waals surface area contributed by atoms with Crippen LogP contribution in [0.5, 0.6) is 0 Å². The summed E-state index contributed by atoms with van der Waals surface area (Å²) in [6.45, 7) is 7.10. The first-order valence-corrected chi connectivity index (χ1v) is 8.11. The molecule has 1 heterocycles. The van der Waals surface area contributed by atoms with Crippen molar-refractivity contribution in [2.45, 2.75) is 39.7 Å². The quantitative estimate of drug-likeness (QED) is 0.884. The number of hydrogen-bond acceptors (Lipinski definition) is 3. The second-order valence-corrected chi connectivity index (χ2v) is 7.32. The van der Waals surface area contributed by atoms with Crippen LogP contribution in [0, 0.1) is 5.41 Å². The van der Waals surface area contributed by atoms with Gasteiger partial charge in [0.1, 0.15) is 6.04 Å². The Balaban J connectivity index is 2.05. The Bertz CT molecular complexity index is 631. The van der Waals surface area contributed by atoms with Gasteiger partial charge < -0.3 is 15.3 Å². The second kappa shape index (κ2) is 7.03. The first-order valence-electron chi connectivity index (χ1n) is 8.11. The van der Waals surface area contributed by atoms with Crippen molar-refractivity contribution >= 4 is 17.8 Å². The predicted molar refractivity (Wildman–Crippen MR) is 89.9 cm³/mol. The van der Waals surface area contributed by atoms with E-state index in [1.165, 1.54) is 4.90 Å². The number of benzene rings is 1. The molecule has 0 saturated carbocycles. The van der Waals surface area contributed by atoms with Crippen molar-refractivity contribution in [3.05, 3.63) is 35.4 Å². The third-order valence-electron chi connectivity index (χ3n) is 3.97. The van der Waals surface area contributed by atoms with E-state index >= 15 is 0 Å². The number of nitrogens with one attached hydrogen (secondary N) is 1. The molecule has 1 aliphatic rings. The molecule has 24 heavy (non-hydrogen) atoms. The van der Waals surface area contributed by atoms with Gasteiger partial charge in [0.15, 0.2) is 0 Å². The molecule has 0 aromatic heterocycles. The van der Waals surface area contributed by atoms with Crippen LogP contribution in [0.4, 0.5) is 0 Å². The van der Waals surface area contributed by atoms with E-state index in [4.69, 9.17) is 0 Å². The van der Waals surface area contributed by atoms with E-state index in [9.17, 15) is 19.5 Å². The highest BCUT2D eigenvalue weighted by molar-refractivity contribution is 5.99. The van der Waals surface area contributed by atoms with Gasteiger partial charge in [-0.15, -0.1) is 0 Å². The summed E-state index contributed by atoms with van der Waals surface area (Å²) in [5.41, 5.74) is 0.871. The smallest absolute Gasteiger partial charge is 0.326 e. The molecule has 0 radical (unpaired) electrons. The molecular formula is C18H24N2O4. The first-order chi connectivity index (χ1) is 11.2. The highest BCUT2D eigenvalue weighted by atomic mass is 16.4. The molecule has 6 nitrogen and oxygen atoms in total. The fraction of sp³-hybridized carbons (Fsp3) is 0.500. The molecule has 130 valence electrons. The topological polar surface area (TPSA) is 86.7 Å². The lowest BCUT2D eigenvalue weighted by Gasteiger charge is -2.21. The molecule has 0 bridgehead atoms. The zero-order valence-electron chi connectivity index (χ0n) is 14.3. The number of hydrogen-bond donors (Lipinski definition) is 2. The van der Waals surface area contributed by atoms with Crippen LogP contribution in [-0.2, 0) is 4.79 Å². The predicted octanol–water partition coefficient (Wildman–Crippen LogP) is 2.15. The number of aliphatic carboxylic acids is 1. The molecule has 1 aromatic rings. The minimum absolute atomic E-state index is 0.00678. The van der Waals surface area contributed by atoms with E-state index < -0.39 is 12.0 Å². The highest BCUT2D eigenvalue weighted by Crippen LogP contribution is 2.20. The first kappa shape index (κ1) is 18.0. The van der Waals surface area contributed by atoms with Crippen LogP contribution in [0.2, 0.25) is 0 Å². The van der Waals surface area contributed by atoms with Crippen molar-refractivity contribution in [1.29, 1.82) is 0 Å². The molecule has 2 rings (SSSR count). The van der Waals surface area contributed by atoms with Crippen LogP contribution >= 0.6 is 0 Å². The van der Waals surface area contributed by atoms with Crippen molar-refractivity contribution in [1.82, 2.24) is 10.2 Å². The Morgan fingerprint density at radius 1 is 1.17 bits per heavy atom. The molecule has 1 unspecified atom stereocenters. The Morgan fingerprint density at radius 3 is 2.29 bits per heavy atom. The van der Waals surface area contributed by atoms with E-state index in [0.717, 1.165) is 0 Å². The standard InChI is InChI=1S/C18H24N2O4/c1-18(2,3)11-19-15(21)12-6-8-13(9-7-12)16(22)20-10-4-5-14(20)17(23)24/h6-9,14H,4-5,10-11H2,1-3H3,(H,19,21)(H,23,24). The number of carboxylic acids is 1. The maximum Gasteiger partial charge on any atom is 0.326 e. The lowest BCUT2D eigenvalue weighted by atomic mass is 9.97. The summed E-state index contributed by atoms with van der Waals surface area (Å²) in [6.07, 6.45) is 1.17. The molecule has 6 heteroatoms. The minimum atomic E-state index is -0.973. The molecule has 2 amide bonds. The number of amides is 2. The van der Waals surface area contributed by atoms with Crippen LogP contribution in [0.15, 0.2) is 24.3 Å². The summed E-state index contributed by atoms with van der Waals surface area (Å²) >= 11 is 0. The summed E-state index contributed by atoms with van der Waals surface area (Å²) in [6, 6.07) is 5.58. The summed E-state index contributed by atoms with van der Waals surface area (Å²) < 4.78 is 0. The maximum atomic E-state index is 12.5. The third-order valence-corrected chi connectivity index (χ3v) is 3.97. The molecule has 1 fully saturated rings. The van der Waals surface area contributed by atoms with Gasteiger partial charge in [-0.05, 0) is 42.5 Å². The summed E-state index contributed by atoms with van der Waals surface area (Å²) in [5, 5.41) is 12.0. The van der Waals surface area contributed by atoms with Crippen LogP contribution in [-0.4, -0.2) is 46.9 Å². The normalized spacial score (nSPS) is 17.6. The molecule has 1 saturated heterocycles. The number of carboxylic acid groups (broad SMARTS) is 1. The van der Waals surface area contributed by atoms with E-state index in [1.54, 1.807) is 24.3 Å². The van der Waals surface area contributed by atoms with Gasteiger partial charge in [0.05, 0.1) is 0 Å². The zero-order valence-corrected chi connectivity index (χ0v) is 14.3. The molecule has 0 spiro atoms. The fourth-order valence-corrected chi connectivity index (χ4v) is 2.64. The highest BCUT2D eigenvalue weighted by Gasteiger charge is 2.34. The molecule has 1 aliphatic heterocycles. The molecule has 1 atom stereocenters. The van der Waals surface area contributed by atoms with Crippen LogP contribution < -0.4 is 5.32 Å². The second-order valence-electron chi connectivity index (χ2n) is 7.32. The van der Waals surface area contributed by atoms with Crippen molar-refractivity contribution < 1.29 is 19.5 Å². The molecule has 0 aliphatic carbocycles. The van der Waals surface area contributed by atoms with Crippen molar-refractivity contribution in [3.63, 3.8) is 0 Å². The van der Waals surface area contributed by atoms with E-state index in [0.29, 0.717) is 37.1 Å². The average Bonchev–Trinajstić information content (AvgIpc) is 3.01. The van der Waals surface area contributed by atoms with Gasteiger partial charge in [-0.2, -0.15) is 0 Å². The summed E-state index contributed by atoms with van der Waals surface area (Å²) in [5.74, 6) is -1.46. The van der Waals surface area contributed by atoms with Crippen molar-refractivity contribution in [3.8, 4) is 0 Å². The van der Waals surface area contributed by atoms with E-state index in [-0.39, 0.29) is 17.2 Å². The lowest BCUT2D eigenvalue weighted by molar-refractivity contribution is -0.141. The van der Waals surface area contributed by atoms with Crippen LogP contribution in [0.3, 0.4) is 0 Å². The fourth-order valence-electron chi connectivity index (χ4n) is 2.64. The van der Waals surface area contributed by atoms with Gasteiger partial charge in [0.25, 0.3) is 11.8 Å². The van der Waals surface area contributed by atoms with E-state index in [2.05, 4.69) is 5.32 Å². The van der Waals surface area contributed by atoms with Crippen molar-refractivity contribution in [2.24, 2.45) is 5.41 Å². The Kier molecular flexibility index (Phi) is 5.26. The minimum Gasteiger partial charge on any atom is -0.480 e. The number of rotatable bonds is 4. The lowest BCUT2D eigenvalue weighted by Crippen LogP contribution is -2.40. The SMILES string of the molecule is CC(C)(C)CNC(=O)c1ccc(C(=O)N2CCCC2C(=O)O)cc1. The van der Waals surface area contributed by atoms with Gasteiger partial charge in [0.2, 0.25) is 0 Å². The summed E-state index contributed by atoms with van der Waals surface area (Å²) in [4.78, 5) is 37.1. The Labute approximate surface area is 141 Å². The Hall–Kier alpha value is -2.37. The monoisotopic (exact) mass is 332 g/mol. The van der Waals surface area contributed by atoms with Gasteiger partial charge in [-0.1, -0.05) is 20.8 Å². The maximum absolute atomic E-state index is 12.5. The Morgan fingerprint density at radius 2 is 1.75 bits per heavy atom. The number of carbonyl (C=O) groups is 3.